The van der Waals surface area contributed by atoms with Gasteiger partial charge < -0.3 is 4.98 Å². The summed E-state index contributed by atoms with van der Waals surface area (Å²) in [6.07, 6.45) is 1.02. The molecule has 1 N–H and O–H groups in total. The standard InChI is InChI=1S/C11H11ClN2/c1-11(6-9(11)12)10-13-7-4-2-3-5-8(7)14-10/h2-5,9H,6H2,1H3,(H,13,14). The van der Waals surface area contributed by atoms with Crippen LogP contribution in [0.4, 0.5) is 0 Å². The van der Waals surface area contributed by atoms with E-state index >= 15 is 0 Å². The molecule has 0 aliphatic heterocycles. The van der Waals surface area contributed by atoms with E-state index in [1.807, 2.05) is 24.3 Å². The lowest BCUT2D eigenvalue weighted by Crippen LogP contribution is -2.06. The van der Waals surface area contributed by atoms with Crippen LogP contribution in [0.15, 0.2) is 24.3 Å². The van der Waals surface area contributed by atoms with Crippen molar-refractivity contribution in [3.05, 3.63) is 30.1 Å². The summed E-state index contributed by atoms with van der Waals surface area (Å²) < 4.78 is 0. The van der Waals surface area contributed by atoms with Crippen molar-refractivity contribution in [3.8, 4) is 0 Å². The molecule has 0 spiro atoms. The van der Waals surface area contributed by atoms with Crippen molar-refractivity contribution >= 4 is 22.6 Å². The maximum Gasteiger partial charge on any atom is 0.114 e. The first-order valence-corrected chi connectivity index (χ1v) is 5.23. The summed E-state index contributed by atoms with van der Waals surface area (Å²) in [5, 5.41) is 0.239. The van der Waals surface area contributed by atoms with Crippen LogP contribution in [-0.4, -0.2) is 15.3 Å². The summed E-state index contributed by atoms with van der Waals surface area (Å²) in [4.78, 5) is 7.89. The van der Waals surface area contributed by atoms with Crippen molar-refractivity contribution < 1.29 is 0 Å². The fourth-order valence-corrected chi connectivity index (χ4v) is 2.21. The van der Waals surface area contributed by atoms with Crippen molar-refractivity contribution in [2.45, 2.75) is 24.1 Å². The van der Waals surface area contributed by atoms with E-state index < -0.39 is 0 Å². The molecule has 1 aromatic heterocycles. The molecule has 1 fully saturated rings. The molecule has 0 saturated heterocycles. The van der Waals surface area contributed by atoms with E-state index in [4.69, 9.17) is 11.6 Å². The molecule has 14 heavy (non-hydrogen) atoms. The number of rotatable bonds is 1. The second-order valence-electron chi connectivity index (χ2n) is 4.19. The monoisotopic (exact) mass is 206 g/mol. The van der Waals surface area contributed by atoms with Crippen LogP contribution in [0.5, 0.6) is 0 Å². The maximum absolute atomic E-state index is 6.10. The van der Waals surface area contributed by atoms with Crippen molar-refractivity contribution in [1.82, 2.24) is 9.97 Å². The highest BCUT2D eigenvalue weighted by molar-refractivity contribution is 6.23. The largest absolute Gasteiger partial charge is 0.341 e. The highest BCUT2D eigenvalue weighted by Gasteiger charge is 2.52. The number of aromatic nitrogens is 2. The number of para-hydroxylation sites is 2. The zero-order valence-corrected chi connectivity index (χ0v) is 8.67. The van der Waals surface area contributed by atoms with Crippen LogP contribution in [0.3, 0.4) is 0 Å². The Morgan fingerprint density at radius 1 is 1.50 bits per heavy atom. The summed E-state index contributed by atoms with van der Waals surface area (Å²) in [5.41, 5.74) is 2.19. The second kappa shape index (κ2) is 2.51. The van der Waals surface area contributed by atoms with Gasteiger partial charge >= 0.3 is 0 Å². The number of hydrogen-bond donors (Lipinski definition) is 1. The summed E-state index contributed by atoms with van der Waals surface area (Å²) in [7, 11) is 0. The van der Waals surface area contributed by atoms with Crippen molar-refractivity contribution in [1.29, 1.82) is 0 Å². The van der Waals surface area contributed by atoms with Crippen LogP contribution < -0.4 is 0 Å². The normalized spacial score (nSPS) is 30.9. The van der Waals surface area contributed by atoms with Gasteiger partial charge in [0.1, 0.15) is 5.82 Å². The number of imidazole rings is 1. The molecule has 2 aromatic rings. The quantitative estimate of drug-likeness (QED) is 0.715. The Kier molecular flexibility index (Phi) is 1.49. The minimum absolute atomic E-state index is 0.0700. The van der Waals surface area contributed by atoms with E-state index in [-0.39, 0.29) is 10.8 Å². The minimum Gasteiger partial charge on any atom is -0.341 e. The van der Waals surface area contributed by atoms with Gasteiger partial charge in [-0.25, -0.2) is 4.98 Å². The summed E-state index contributed by atoms with van der Waals surface area (Å²) in [6.45, 7) is 2.16. The van der Waals surface area contributed by atoms with E-state index in [1.165, 1.54) is 0 Å². The van der Waals surface area contributed by atoms with Gasteiger partial charge in [0.25, 0.3) is 0 Å². The highest BCUT2D eigenvalue weighted by Crippen LogP contribution is 2.50. The first-order chi connectivity index (χ1) is 6.70. The lowest BCUT2D eigenvalue weighted by Gasteiger charge is -2.02. The van der Waals surface area contributed by atoms with Crippen LogP contribution in [0.2, 0.25) is 0 Å². The number of halogens is 1. The number of benzene rings is 1. The molecule has 3 rings (SSSR count). The Bertz CT molecular complexity index is 458. The topological polar surface area (TPSA) is 28.7 Å². The molecule has 0 bridgehead atoms. The van der Waals surface area contributed by atoms with Gasteiger partial charge in [0.2, 0.25) is 0 Å². The van der Waals surface area contributed by atoms with Crippen molar-refractivity contribution in [2.24, 2.45) is 0 Å². The number of nitrogens with zero attached hydrogens (tertiary/aromatic N) is 1. The molecule has 1 aromatic carbocycles. The lowest BCUT2D eigenvalue weighted by molar-refractivity contribution is 0.730. The van der Waals surface area contributed by atoms with Crippen LogP contribution in [-0.2, 0) is 5.41 Å². The maximum atomic E-state index is 6.10. The molecular weight excluding hydrogens is 196 g/mol. The SMILES string of the molecule is CC1(c2nc3ccccc3[nH]2)CC1Cl. The number of alkyl halides is 1. The number of H-pyrrole nitrogens is 1. The van der Waals surface area contributed by atoms with Crippen molar-refractivity contribution in [3.63, 3.8) is 0 Å². The van der Waals surface area contributed by atoms with Gasteiger partial charge in [0.05, 0.1) is 11.0 Å². The minimum atomic E-state index is 0.0700. The fourth-order valence-electron chi connectivity index (χ4n) is 1.78. The third kappa shape index (κ3) is 1.01. The predicted molar refractivity (Wildman–Crippen MR) is 57.7 cm³/mol. The Balaban J connectivity index is 2.16. The Hall–Kier alpha value is -1.02. The molecule has 2 unspecified atom stereocenters. The molecule has 2 nitrogen and oxygen atoms in total. The highest BCUT2D eigenvalue weighted by atomic mass is 35.5. The Labute approximate surface area is 87.3 Å². The number of aromatic amines is 1. The van der Waals surface area contributed by atoms with E-state index in [9.17, 15) is 0 Å². The van der Waals surface area contributed by atoms with E-state index in [1.54, 1.807) is 0 Å². The number of fused-ring (bicyclic) bond motifs is 1. The summed E-state index contributed by atoms with van der Waals surface area (Å²) in [6, 6.07) is 8.07. The Morgan fingerprint density at radius 3 is 2.86 bits per heavy atom. The average Bonchev–Trinajstić information content (AvgIpc) is 2.66. The zero-order chi connectivity index (χ0) is 9.76. The van der Waals surface area contributed by atoms with Crippen LogP contribution in [0.25, 0.3) is 11.0 Å². The zero-order valence-electron chi connectivity index (χ0n) is 7.92. The summed E-state index contributed by atoms with van der Waals surface area (Å²) >= 11 is 6.10. The van der Waals surface area contributed by atoms with E-state index in [2.05, 4.69) is 16.9 Å². The van der Waals surface area contributed by atoms with Crippen molar-refractivity contribution in [2.75, 3.05) is 0 Å². The molecule has 2 atom stereocenters. The van der Waals surface area contributed by atoms with Gasteiger partial charge in [-0.1, -0.05) is 19.1 Å². The molecule has 0 radical (unpaired) electrons. The first-order valence-electron chi connectivity index (χ1n) is 4.79. The molecule has 1 heterocycles. The molecule has 3 heteroatoms. The average molecular weight is 207 g/mol. The molecule has 1 aliphatic rings. The van der Waals surface area contributed by atoms with Crippen LogP contribution in [0, 0.1) is 0 Å². The molecule has 1 aliphatic carbocycles. The van der Waals surface area contributed by atoms with E-state index in [0.717, 1.165) is 23.3 Å². The van der Waals surface area contributed by atoms with Gasteiger partial charge in [0.15, 0.2) is 0 Å². The van der Waals surface area contributed by atoms with Gasteiger partial charge in [-0.2, -0.15) is 0 Å². The summed E-state index contributed by atoms with van der Waals surface area (Å²) in [5.74, 6) is 1.03. The number of nitrogens with one attached hydrogen (secondary N) is 1. The Morgan fingerprint density at radius 2 is 2.21 bits per heavy atom. The van der Waals surface area contributed by atoms with Crippen LogP contribution in [0.1, 0.15) is 19.2 Å². The predicted octanol–water partition coefficient (Wildman–Crippen LogP) is 2.83. The third-order valence-electron chi connectivity index (χ3n) is 3.06. The lowest BCUT2D eigenvalue weighted by atomic mass is 10.1. The molecular formula is C11H11ClN2. The fraction of sp³-hybridized carbons (Fsp3) is 0.364. The van der Waals surface area contributed by atoms with Crippen LogP contribution >= 0.6 is 11.6 Å². The van der Waals surface area contributed by atoms with Gasteiger partial charge in [-0.05, 0) is 18.6 Å². The molecule has 0 amide bonds. The molecule has 72 valence electrons. The van der Waals surface area contributed by atoms with Gasteiger partial charge in [0, 0.05) is 10.8 Å². The van der Waals surface area contributed by atoms with Gasteiger partial charge in [-0.3, -0.25) is 0 Å². The molecule has 1 saturated carbocycles. The third-order valence-corrected chi connectivity index (χ3v) is 3.70. The first kappa shape index (κ1) is 8.30. The van der Waals surface area contributed by atoms with Gasteiger partial charge in [-0.15, -0.1) is 11.6 Å². The number of hydrogen-bond acceptors (Lipinski definition) is 1. The smallest absolute Gasteiger partial charge is 0.114 e. The second-order valence-corrected chi connectivity index (χ2v) is 4.72. The van der Waals surface area contributed by atoms with E-state index in [0.29, 0.717) is 0 Å².